The number of rotatable bonds is 1. The molecule has 2 rings (SSSR count). The number of carboxylic acids is 1. The fourth-order valence-corrected chi connectivity index (χ4v) is 1.21. The van der Waals surface area contributed by atoms with Crippen LogP contribution in [-0.2, 0) is 0 Å². The SMILES string of the molecule is O=c1cc([13C](=O)O)oc2ccccc12. The van der Waals surface area contributed by atoms with Gasteiger partial charge in [0.25, 0.3) is 0 Å². The van der Waals surface area contributed by atoms with Gasteiger partial charge in [0.1, 0.15) is 5.58 Å². The molecule has 14 heavy (non-hydrogen) atoms. The molecule has 1 aromatic carbocycles. The van der Waals surface area contributed by atoms with Crippen LogP contribution in [0.4, 0.5) is 0 Å². The molecule has 4 heteroatoms. The predicted octanol–water partition coefficient (Wildman–Crippen LogP) is 1.49. The monoisotopic (exact) mass is 191 g/mol. The zero-order valence-electron chi connectivity index (χ0n) is 7.06. The summed E-state index contributed by atoms with van der Waals surface area (Å²) in [5.74, 6) is -1.58. The molecule has 0 atom stereocenters. The largest absolute Gasteiger partial charge is 0.475 e. The molecule has 0 aliphatic heterocycles. The number of benzene rings is 1. The van der Waals surface area contributed by atoms with Crippen molar-refractivity contribution in [1.29, 1.82) is 0 Å². The van der Waals surface area contributed by atoms with Crippen molar-refractivity contribution in [3.8, 4) is 0 Å². The van der Waals surface area contributed by atoms with Crippen molar-refractivity contribution in [3.05, 3.63) is 46.3 Å². The Morgan fingerprint density at radius 1 is 1.29 bits per heavy atom. The zero-order chi connectivity index (χ0) is 10.1. The highest BCUT2D eigenvalue weighted by molar-refractivity contribution is 5.87. The number of carbonyl (C=O) groups is 1. The van der Waals surface area contributed by atoms with E-state index in [9.17, 15) is 9.59 Å². The van der Waals surface area contributed by atoms with Crippen LogP contribution in [0.15, 0.2) is 39.5 Å². The van der Waals surface area contributed by atoms with Gasteiger partial charge in [-0.15, -0.1) is 0 Å². The molecule has 4 nitrogen and oxygen atoms in total. The van der Waals surface area contributed by atoms with Crippen LogP contribution < -0.4 is 5.43 Å². The quantitative estimate of drug-likeness (QED) is 0.693. The minimum atomic E-state index is -1.24. The van der Waals surface area contributed by atoms with Gasteiger partial charge in [0.15, 0.2) is 5.43 Å². The maximum absolute atomic E-state index is 11.4. The Balaban J connectivity index is 2.86. The molecule has 0 radical (unpaired) electrons. The van der Waals surface area contributed by atoms with Gasteiger partial charge in [0.2, 0.25) is 5.76 Å². The molecule has 0 aliphatic rings. The highest BCUT2D eigenvalue weighted by Crippen LogP contribution is 2.11. The highest BCUT2D eigenvalue weighted by atomic mass is 16.5. The van der Waals surface area contributed by atoms with Crippen molar-refractivity contribution in [2.75, 3.05) is 0 Å². The van der Waals surface area contributed by atoms with E-state index >= 15 is 0 Å². The fourth-order valence-electron chi connectivity index (χ4n) is 1.21. The second kappa shape index (κ2) is 2.99. The van der Waals surface area contributed by atoms with Crippen LogP contribution in [0.5, 0.6) is 0 Å². The first-order chi connectivity index (χ1) is 6.68. The van der Waals surface area contributed by atoms with Crippen LogP contribution in [0.1, 0.15) is 10.6 Å². The van der Waals surface area contributed by atoms with Crippen LogP contribution in [0.3, 0.4) is 0 Å². The molecule has 2 aromatic rings. The Hall–Kier alpha value is -2.10. The van der Waals surface area contributed by atoms with Crippen molar-refractivity contribution in [2.45, 2.75) is 0 Å². The molecule has 1 N–H and O–H groups in total. The number of hydrogen-bond donors (Lipinski definition) is 1. The Bertz CT molecular complexity index is 553. The van der Waals surface area contributed by atoms with Gasteiger partial charge in [0, 0.05) is 6.07 Å². The maximum atomic E-state index is 11.4. The molecule has 0 fully saturated rings. The zero-order valence-corrected chi connectivity index (χ0v) is 7.06. The Morgan fingerprint density at radius 2 is 2.00 bits per heavy atom. The number of aromatic carboxylic acids is 1. The molecule has 0 saturated carbocycles. The summed E-state index contributed by atoms with van der Waals surface area (Å²) in [6, 6.07) is 7.50. The Morgan fingerprint density at radius 3 is 2.71 bits per heavy atom. The lowest BCUT2D eigenvalue weighted by Gasteiger charge is -1.97. The topological polar surface area (TPSA) is 67.5 Å². The van der Waals surface area contributed by atoms with E-state index in [4.69, 9.17) is 9.52 Å². The van der Waals surface area contributed by atoms with E-state index < -0.39 is 5.97 Å². The third-order valence-corrected chi connectivity index (χ3v) is 1.85. The number of para-hydroxylation sites is 1. The first-order valence-corrected chi connectivity index (χ1v) is 3.94. The van der Waals surface area contributed by atoms with Gasteiger partial charge in [-0.2, -0.15) is 0 Å². The van der Waals surface area contributed by atoms with E-state index in [1.165, 1.54) is 0 Å². The molecular formula is C10H6O4. The average Bonchev–Trinajstić information content (AvgIpc) is 2.17. The van der Waals surface area contributed by atoms with Gasteiger partial charge in [-0.3, -0.25) is 4.79 Å². The van der Waals surface area contributed by atoms with Crippen molar-refractivity contribution < 1.29 is 14.3 Å². The Labute approximate surface area is 78.4 Å². The first-order valence-electron chi connectivity index (χ1n) is 3.94. The molecule has 1 heterocycles. The first kappa shape index (κ1) is 8.50. The number of carboxylic acid groups (broad SMARTS) is 1. The van der Waals surface area contributed by atoms with E-state index in [-0.39, 0.29) is 16.8 Å². The lowest BCUT2D eigenvalue weighted by atomic mass is 10.2. The van der Waals surface area contributed by atoms with Gasteiger partial charge < -0.3 is 9.52 Å². The maximum Gasteiger partial charge on any atom is 0.371 e. The van der Waals surface area contributed by atoms with Gasteiger partial charge in [-0.25, -0.2) is 4.79 Å². The van der Waals surface area contributed by atoms with Crippen molar-refractivity contribution in [1.82, 2.24) is 0 Å². The lowest BCUT2D eigenvalue weighted by molar-refractivity contribution is 0.0663. The smallest absolute Gasteiger partial charge is 0.371 e. The molecule has 1 aromatic heterocycles. The standard InChI is InChI=1S/C10H6O4/c11-7-5-9(10(12)13)14-8-4-2-1-3-6(7)8/h1-5H,(H,12,13)/i10+1. The third-order valence-electron chi connectivity index (χ3n) is 1.85. The molecule has 0 spiro atoms. The number of hydrogen-bond acceptors (Lipinski definition) is 3. The molecular weight excluding hydrogens is 185 g/mol. The summed E-state index contributed by atoms with van der Waals surface area (Å²) >= 11 is 0. The van der Waals surface area contributed by atoms with Crippen molar-refractivity contribution in [3.63, 3.8) is 0 Å². The summed E-state index contributed by atoms with van der Waals surface area (Å²) in [6.45, 7) is 0. The van der Waals surface area contributed by atoms with Crippen LogP contribution >= 0.6 is 0 Å². The Kier molecular flexibility index (Phi) is 1.81. The van der Waals surface area contributed by atoms with Crippen molar-refractivity contribution in [2.24, 2.45) is 0 Å². The normalized spacial score (nSPS) is 10.3. The summed E-state index contributed by atoms with van der Waals surface area (Å²) in [7, 11) is 0. The lowest BCUT2D eigenvalue weighted by Crippen LogP contribution is -2.05. The molecule has 0 saturated heterocycles. The second-order valence-electron chi connectivity index (χ2n) is 2.78. The summed E-state index contributed by atoms with van der Waals surface area (Å²) in [5, 5.41) is 9.02. The van der Waals surface area contributed by atoms with E-state index in [0.717, 1.165) is 6.07 Å². The fraction of sp³-hybridized carbons (Fsp3) is 0. The molecule has 70 valence electrons. The summed E-state index contributed by atoms with van der Waals surface area (Å²) in [4.78, 5) is 21.9. The van der Waals surface area contributed by atoms with Gasteiger partial charge in [0.05, 0.1) is 5.39 Å². The molecule has 0 bridgehead atoms. The highest BCUT2D eigenvalue weighted by Gasteiger charge is 2.09. The minimum Gasteiger partial charge on any atom is -0.475 e. The molecule has 0 amide bonds. The molecule has 0 unspecified atom stereocenters. The van der Waals surface area contributed by atoms with E-state index in [1.807, 2.05) is 0 Å². The third kappa shape index (κ3) is 1.26. The minimum absolute atomic E-state index is 0.289. The summed E-state index contributed by atoms with van der Waals surface area (Å²) in [6.07, 6.45) is 0. The van der Waals surface area contributed by atoms with Crippen LogP contribution in [-0.4, -0.2) is 11.1 Å². The van der Waals surface area contributed by atoms with E-state index in [2.05, 4.69) is 0 Å². The van der Waals surface area contributed by atoms with E-state index in [1.54, 1.807) is 24.3 Å². The second-order valence-corrected chi connectivity index (χ2v) is 2.78. The van der Waals surface area contributed by atoms with Crippen LogP contribution in [0.25, 0.3) is 11.0 Å². The predicted molar refractivity (Wildman–Crippen MR) is 49.4 cm³/mol. The van der Waals surface area contributed by atoms with Gasteiger partial charge >= 0.3 is 5.97 Å². The summed E-state index contributed by atoms with van der Waals surface area (Å²) in [5.41, 5.74) is -0.0540. The average molecular weight is 191 g/mol. The van der Waals surface area contributed by atoms with Crippen molar-refractivity contribution >= 4 is 16.9 Å². The van der Waals surface area contributed by atoms with Gasteiger partial charge in [-0.1, -0.05) is 12.1 Å². The number of fused-ring (bicyclic) bond motifs is 1. The van der Waals surface area contributed by atoms with Gasteiger partial charge in [-0.05, 0) is 12.1 Å². The van der Waals surface area contributed by atoms with E-state index in [0.29, 0.717) is 5.39 Å². The van der Waals surface area contributed by atoms with Crippen LogP contribution in [0, 0.1) is 0 Å². The summed E-state index contributed by atoms with van der Waals surface area (Å²) < 4.78 is 5.00. The molecule has 0 aliphatic carbocycles. The van der Waals surface area contributed by atoms with Crippen LogP contribution in [0.2, 0.25) is 0 Å².